The second kappa shape index (κ2) is 7.14. The molecule has 1 aliphatic rings. The molecule has 1 atom stereocenters. The second-order valence-corrected chi connectivity index (χ2v) is 6.24. The van der Waals surface area contributed by atoms with Gasteiger partial charge in [0.1, 0.15) is 5.75 Å². The molecule has 1 aliphatic carbocycles. The van der Waals surface area contributed by atoms with Crippen molar-refractivity contribution in [2.45, 2.75) is 38.7 Å². The molecule has 1 saturated carbocycles. The normalized spacial score (nSPS) is 18.2. The largest absolute Gasteiger partial charge is 0.481 e. The van der Waals surface area contributed by atoms with Crippen molar-refractivity contribution in [1.29, 1.82) is 0 Å². The van der Waals surface area contributed by atoms with Crippen LogP contribution in [0.2, 0.25) is 5.02 Å². The number of amides is 1. The first-order valence-electron chi connectivity index (χ1n) is 7.35. The average molecular weight is 312 g/mol. The van der Waals surface area contributed by atoms with Crippen LogP contribution in [0.5, 0.6) is 5.75 Å². The number of hydrogen-bond donors (Lipinski definition) is 2. The number of aliphatic hydroxyl groups excluding tert-OH is 1. The van der Waals surface area contributed by atoms with Crippen LogP contribution >= 0.6 is 11.6 Å². The van der Waals surface area contributed by atoms with Gasteiger partial charge in [0, 0.05) is 17.0 Å². The Bertz CT molecular complexity index is 486. The molecule has 5 heteroatoms. The first kappa shape index (κ1) is 16.1. The van der Waals surface area contributed by atoms with E-state index >= 15 is 0 Å². The van der Waals surface area contributed by atoms with Gasteiger partial charge in [-0.05, 0) is 38.0 Å². The number of nitrogens with one attached hydrogen (secondary N) is 1. The first-order valence-corrected chi connectivity index (χ1v) is 7.73. The van der Waals surface area contributed by atoms with Gasteiger partial charge in [-0.3, -0.25) is 4.79 Å². The minimum atomic E-state index is -0.597. The Morgan fingerprint density at radius 2 is 2.19 bits per heavy atom. The fourth-order valence-corrected chi connectivity index (χ4v) is 2.91. The summed E-state index contributed by atoms with van der Waals surface area (Å²) >= 11 is 5.88. The zero-order chi connectivity index (χ0) is 15.3. The molecule has 0 spiro atoms. The topological polar surface area (TPSA) is 58.6 Å². The lowest BCUT2D eigenvalue weighted by atomic mass is 9.87. The smallest absolute Gasteiger partial charge is 0.260 e. The molecule has 0 saturated heterocycles. The van der Waals surface area contributed by atoms with E-state index in [1.807, 2.05) is 0 Å². The quantitative estimate of drug-likeness (QED) is 0.849. The maximum absolute atomic E-state index is 12.1. The average Bonchev–Trinajstić information content (AvgIpc) is 2.94. The van der Waals surface area contributed by atoms with Gasteiger partial charge in [0.25, 0.3) is 5.91 Å². The van der Waals surface area contributed by atoms with Crippen LogP contribution in [0.15, 0.2) is 24.3 Å². The van der Waals surface area contributed by atoms with Gasteiger partial charge < -0.3 is 15.2 Å². The summed E-state index contributed by atoms with van der Waals surface area (Å²) in [5.74, 6) is 0.401. The van der Waals surface area contributed by atoms with Crippen molar-refractivity contribution in [3.05, 3.63) is 29.3 Å². The number of hydrogen-bond acceptors (Lipinski definition) is 3. The zero-order valence-corrected chi connectivity index (χ0v) is 13.0. The third-order valence-corrected chi connectivity index (χ3v) is 4.35. The van der Waals surface area contributed by atoms with Crippen LogP contribution in [0.1, 0.15) is 32.6 Å². The summed E-state index contributed by atoms with van der Waals surface area (Å²) in [6.45, 7) is 2.33. The third-order valence-electron chi connectivity index (χ3n) is 4.12. The van der Waals surface area contributed by atoms with Crippen LogP contribution in [0.3, 0.4) is 0 Å². The van der Waals surface area contributed by atoms with E-state index in [0.717, 1.165) is 25.7 Å². The molecule has 0 radical (unpaired) electrons. The van der Waals surface area contributed by atoms with Crippen LogP contribution < -0.4 is 10.1 Å². The minimum absolute atomic E-state index is 0.122. The van der Waals surface area contributed by atoms with Gasteiger partial charge in [0.2, 0.25) is 0 Å². The van der Waals surface area contributed by atoms with E-state index in [-0.39, 0.29) is 17.9 Å². The molecule has 0 bridgehead atoms. The lowest BCUT2D eigenvalue weighted by Crippen LogP contribution is -2.43. The highest BCUT2D eigenvalue weighted by Gasteiger charge is 2.33. The van der Waals surface area contributed by atoms with E-state index in [4.69, 9.17) is 16.3 Å². The van der Waals surface area contributed by atoms with Gasteiger partial charge in [-0.1, -0.05) is 30.5 Å². The molecule has 1 fully saturated rings. The molecule has 4 nitrogen and oxygen atoms in total. The Hall–Kier alpha value is -1.26. The van der Waals surface area contributed by atoms with E-state index in [1.54, 1.807) is 31.2 Å². The summed E-state index contributed by atoms with van der Waals surface area (Å²) < 4.78 is 5.58. The molecule has 116 valence electrons. The number of ether oxygens (including phenoxy) is 1. The van der Waals surface area contributed by atoms with Crippen molar-refractivity contribution in [1.82, 2.24) is 5.32 Å². The Morgan fingerprint density at radius 3 is 2.81 bits per heavy atom. The highest BCUT2D eigenvalue weighted by molar-refractivity contribution is 6.30. The molecule has 1 unspecified atom stereocenters. The van der Waals surface area contributed by atoms with Gasteiger partial charge in [-0.25, -0.2) is 0 Å². The van der Waals surface area contributed by atoms with E-state index in [0.29, 0.717) is 17.3 Å². The molecule has 2 N–H and O–H groups in total. The van der Waals surface area contributed by atoms with E-state index < -0.39 is 6.10 Å². The van der Waals surface area contributed by atoms with Gasteiger partial charge >= 0.3 is 0 Å². The zero-order valence-electron chi connectivity index (χ0n) is 12.3. The lowest BCUT2D eigenvalue weighted by Gasteiger charge is -2.27. The number of carbonyl (C=O) groups is 1. The second-order valence-electron chi connectivity index (χ2n) is 5.80. The van der Waals surface area contributed by atoms with Crippen molar-refractivity contribution in [2.24, 2.45) is 5.41 Å². The van der Waals surface area contributed by atoms with Gasteiger partial charge in [0.05, 0.1) is 6.61 Å². The monoisotopic (exact) mass is 311 g/mol. The Labute approximate surface area is 130 Å². The molecule has 21 heavy (non-hydrogen) atoms. The highest BCUT2D eigenvalue weighted by Crippen LogP contribution is 2.36. The predicted molar refractivity (Wildman–Crippen MR) is 82.5 cm³/mol. The van der Waals surface area contributed by atoms with Gasteiger partial charge in [-0.2, -0.15) is 0 Å². The van der Waals surface area contributed by atoms with E-state index in [2.05, 4.69) is 5.32 Å². The first-order chi connectivity index (χ1) is 10.0. The van der Waals surface area contributed by atoms with Crippen molar-refractivity contribution in [3.8, 4) is 5.75 Å². The minimum Gasteiger partial charge on any atom is -0.481 e. The number of rotatable bonds is 6. The Morgan fingerprint density at radius 1 is 1.48 bits per heavy atom. The van der Waals surface area contributed by atoms with Gasteiger partial charge in [-0.15, -0.1) is 0 Å². The van der Waals surface area contributed by atoms with E-state index in [9.17, 15) is 9.90 Å². The fourth-order valence-electron chi connectivity index (χ4n) is 2.73. The summed E-state index contributed by atoms with van der Waals surface area (Å²) in [4.78, 5) is 12.1. The summed E-state index contributed by atoms with van der Waals surface area (Å²) in [5.41, 5.74) is -0.147. The lowest BCUT2D eigenvalue weighted by molar-refractivity contribution is -0.127. The van der Waals surface area contributed by atoms with Crippen molar-refractivity contribution in [2.75, 3.05) is 13.2 Å². The maximum Gasteiger partial charge on any atom is 0.260 e. The number of halogens is 1. The molecule has 1 aromatic carbocycles. The van der Waals surface area contributed by atoms with Crippen molar-refractivity contribution in [3.63, 3.8) is 0 Å². The summed E-state index contributed by atoms with van der Waals surface area (Å²) in [7, 11) is 0. The number of carbonyl (C=O) groups excluding carboxylic acids is 1. The van der Waals surface area contributed by atoms with Crippen LogP contribution in [0, 0.1) is 5.41 Å². The number of benzene rings is 1. The molecule has 2 rings (SSSR count). The van der Waals surface area contributed by atoms with Crippen molar-refractivity contribution >= 4 is 17.5 Å². The van der Waals surface area contributed by atoms with Gasteiger partial charge in [0.15, 0.2) is 6.10 Å². The molecule has 0 aromatic heterocycles. The van der Waals surface area contributed by atoms with E-state index in [1.165, 1.54) is 0 Å². The Balaban J connectivity index is 1.85. The van der Waals surface area contributed by atoms with Crippen LogP contribution in [0.4, 0.5) is 0 Å². The fraction of sp³-hybridized carbons (Fsp3) is 0.562. The van der Waals surface area contributed by atoms with Crippen LogP contribution in [-0.4, -0.2) is 30.3 Å². The molecule has 0 aliphatic heterocycles. The van der Waals surface area contributed by atoms with Crippen LogP contribution in [0.25, 0.3) is 0 Å². The molecular weight excluding hydrogens is 290 g/mol. The summed E-state index contributed by atoms with van der Waals surface area (Å²) in [6.07, 6.45) is 3.57. The van der Waals surface area contributed by atoms with Crippen LogP contribution in [-0.2, 0) is 4.79 Å². The standard InChI is InChI=1S/C16H22ClNO3/c1-12(21-14-6-4-5-13(17)9-14)15(20)18-10-16(11-19)7-2-3-8-16/h4-6,9,12,19H,2-3,7-8,10-11H2,1H3,(H,18,20). The maximum atomic E-state index is 12.1. The summed E-state index contributed by atoms with van der Waals surface area (Å²) in [5, 5.41) is 13.0. The SMILES string of the molecule is CC(Oc1cccc(Cl)c1)C(=O)NCC1(CO)CCCC1. The molecular formula is C16H22ClNO3. The number of aliphatic hydroxyl groups is 1. The molecule has 0 heterocycles. The van der Waals surface area contributed by atoms with Crippen molar-refractivity contribution < 1.29 is 14.6 Å². The molecule has 1 aromatic rings. The highest BCUT2D eigenvalue weighted by atomic mass is 35.5. The predicted octanol–water partition coefficient (Wildman–Crippen LogP) is 2.78. The third kappa shape index (κ3) is 4.35. The summed E-state index contributed by atoms with van der Waals surface area (Å²) in [6, 6.07) is 6.98. The Kier molecular flexibility index (Phi) is 5.48. The molecule has 1 amide bonds.